The Bertz CT molecular complexity index is 378. The predicted octanol–water partition coefficient (Wildman–Crippen LogP) is 1.74. The number of thioether (sulfide) groups is 1. The first-order chi connectivity index (χ1) is 7.38. The molecule has 3 rings (SSSR count). The third-order valence-electron chi connectivity index (χ3n) is 3.41. The Kier molecular flexibility index (Phi) is 2.37. The third kappa shape index (κ3) is 1.54. The molecule has 1 aromatic rings. The molecule has 0 aliphatic carbocycles. The van der Waals surface area contributed by atoms with E-state index in [-0.39, 0.29) is 0 Å². The summed E-state index contributed by atoms with van der Waals surface area (Å²) >= 11 is 1.83. The van der Waals surface area contributed by atoms with Crippen molar-refractivity contribution in [2.75, 3.05) is 30.8 Å². The second kappa shape index (κ2) is 3.72. The van der Waals surface area contributed by atoms with E-state index in [4.69, 9.17) is 0 Å². The van der Waals surface area contributed by atoms with Crippen molar-refractivity contribution < 1.29 is 0 Å². The maximum absolute atomic E-state index is 3.47. The van der Waals surface area contributed by atoms with Crippen LogP contribution in [0, 0.1) is 0 Å². The molecule has 0 bridgehead atoms. The lowest BCUT2D eigenvalue weighted by Gasteiger charge is -2.32. The minimum atomic E-state index is 0.700. The predicted molar refractivity (Wildman–Crippen MR) is 65.9 cm³/mol. The molecule has 1 fully saturated rings. The van der Waals surface area contributed by atoms with E-state index >= 15 is 0 Å². The highest BCUT2D eigenvalue weighted by molar-refractivity contribution is 7.98. The summed E-state index contributed by atoms with van der Waals surface area (Å²) in [5, 5.41) is 3.47. The molecule has 3 heteroatoms. The molecular weight excluding hydrogens is 204 g/mol. The minimum absolute atomic E-state index is 0.700. The molecule has 0 saturated carbocycles. The molecule has 1 atom stereocenters. The third-order valence-corrected chi connectivity index (χ3v) is 4.13. The molecule has 2 aliphatic heterocycles. The fourth-order valence-electron chi connectivity index (χ4n) is 2.62. The Morgan fingerprint density at radius 1 is 1.47 bits per heavy atom. The number of benzene rings is 1. The molecule has 1 N–H and O–H groups in total. The van der Waals surface area contributed by atoms with Crippen LogP contribution in [0.4, 0.5) is 5.69 Å². The van der Waals surface area contributed by atoms with Crippen LogP contribution in [0.15, 0.2) is 23.1 Å². The van der Waals surface area contributed by atoms with E-state index in [1.54, 1.807) is 0 Å². The Balaban J connectivity index is 1.98. The molecule has 2 heterocycles. The van der Waals surface area contributed by atoms with E-state index in [1.165, 1.54) is 22.6 Å². The molecule has 0 spiro atoms. The lowest BCUT2D eigenvalue weighted by Crippen LogP contribution is -2.49. The van der Waals surface area contributed by atoms with Crippen molar-refractivity contribution in [2.45, 2.75) is 17.4 Å². The summed E-state index contributed by atoms with van der Waals surface area (Å²) < 4.78 is 0. The van der Waals surface area contributed by atoms with Crippen molar-refractivity contribution in [3.05, 3.63) is 23.8 Å². The highest BCUT2D eigenvalue weighted by Gasteiger charge is 2.30. The quantitative estimate of drug-likeness (QED) is 0.726. The van der Waals surface area contributed by atoms with E-state index in [0.29, 0.717) is 6.04 Å². The highest BCUT2D eigenvalue weighted by atomic mass is 32.2. The van der Waals surface area contributed by atoms with Gasteiger partial charge in [-0.05, 0) is 30.4 Å². The first kappa shape index (κ1) is 9.55. The largest absolute Gasteiger partial charge is 0.365 e. The number of nitrogens with one attached hydrogen (secondary N) is 1. The van der Waals surface area contributed by atoms with Crippen LogP contribution in [0.2, 0.25) is 0 Å². The van der Waals surface area contributed by atoms with Gasteiger partial charge in [0.2, 0.25) is 0 Å². The van der Waals surface area contributed by atoms with E-state index < -0.39 is 0 Å². The number of anilines is 1. The monoisotopic (exact) mass is 220 g/mol. The van der Waals surface area contributed by atoms with Gasteiger partial charge in [0.05, 0.1) is 0 Å². The van der Waals surface area contributed by atoms with Crippen LogP contribution >= 0.6 is 11.8 Å². The normalized spacial score (nSPS) is 23.8. The average Bonchev–Trinajstić information content (AvgIpc) is 2.66. The molecule has 0 radical (unpaired) electrons. The van der Waals surface area contributed by atoms with Crippen LogP contribution in [-0.4, -0.2) is 31.9 Å². The van der Waals surface area contributed by atoms with Crippen LogP contribution in [0.25, 0.3) is 0 Å². The van der Waals surface area contributed by atoms with E-state index in [2.05, 4.69) is 34.7 Å². The Morgan fingerprint density at radius 3 is 3.27 bits per heavy atom. The number of hydrogen-bond donors (Lipinski definition) is 1. The van der Waals surface area contributed by atoms with Gasteiger partial charge in [-0.15, -0.1) is 11.8 Å². The van der Waals surface area contributed by atoms with Gasteiger partial charge < -0.3 is 10.2 Å². The van der Waals surface area contributed by atoms with Gasteiger partial charge in [0.15, 0.2) is 0 Å². The molecule has 1 unspecified atom stereocenters. The van der Waals surface area contributed by atoms with Gasteiger partial charge in [-0.1, -0.05) is 6.07 Å². The smallest absolute Gasteiger partial charge is 0.0456 e. The van der Waals surface area contributed by atoms with Crippen molar-refractivity contribution in [1.29, 1.82) is 0 Å². The summed E-state index contributed by atoms with van der Waals surface area (Å²) in [6.07, 6.45) is 3.36. The molecule has 80 valence electrons. The maximum atomic E-state index is 3.47. The Morgan fingerprint density at radius 2 is 2.40 bits per heavy atom. The van der Waals surface area contributed by atoms with Crippen LogP contribution in [0.3, 0.4) is 0 Å². The van der Waals surface area contributed by atoms with Crippen molar-refractivity contribution in [3.63, 3.8) is 0 Å². The summed E-state index contributed by atoms with van der Waals surface area (Å²) in [5.41, 5.74) is 3.01. The first-order valence-corrected chi connectivity index (χ1v) is 6.75. The summed E-state index contributed by atoms with van der Waals surface area (Å²) in [6, 6.07) is 7.60. The molecule has 15 heavy (non-hydrogen) atoms. The second-order valence-electron chi connectivity index (χ2n) is 4.25. The zero-order valence-electron chi connectivity index (χ0n) is 8.99. The van der Waals surface area contributed by atoms with E-state index in [1.807, 2.05) is 11.8 Å². The summed E-state index contributed by atoms with van der Waals surface area (Å²) in [4.78, 5) is 3.96. The number of rotatable bonds is 1. The van der Waals surface area contributed by atoms with Gasteiger partial charge in [0, 0.05) is 36.3 Å². The lowest BCUT2D eigenvalue weighted by atomic mass is 10.1. The zero-order valence-corrected chi connectivity index (χ0v) is 9.81. The fourth-order valence-corrected chi connectivity index (χ4v) is 3.06. The van der Waals surface area contributed by atoms with Gasteiger partial charge in [-0.2, -0.15) is 0 Å². The number of hydrogen-bond acceptors (Lipinski definition) is 3. The Hall–Kier alpha value is -0.670. The fraction of sp³-hybridized carbons (Fsp3) is 0.500. The average molecular weight is 220 g/mol. The van der Waals surface area contributed by atoms with E-state index in [0.717, 1.165) is 19.6 Å². The molecule has 2 nitrogen and oxygen atoms in total. The molecule has 0 amide bonds. The molecular formula is C12H16N2S. The van der Waals surface area contributed by atoms with Crippen LogP contribution in [0.1, 0.15) is 5.56 Å². The summed E-state index contributed by atoms with van der Waals surface area (Å²) in [5.74, 6) is 0. The maximum Gasteiger partial charge on any atom is 0.0456 e. The van der Waals surface area contributed by atoms with Crippen LogP contribution < -0.4 is 10.2 Å². The topological polar surface area (TPSA) is 15.3 Å². The zero-order chi connectivity index (χ0) is 10.3. The van der Waals surface area contributed by atoms with E-state index in [9.17, 15) is 0 Å². The Labute approximate surface area is 95.0 Å². The number of nitrogens with zero attached hydrogens (tertiary/aromatic N) is 1. The van der Waals surface area contributed by atoms with Crippen LogP contribution in [0.5, 0.6) is 0 Å². The van der Waals surface area contributed by atoms with Crippen molar-refractivity contribution in [3.8, 4) is 0 Å². The van der Waals surface area contributed by atoms with Gasteiger partial charge in [0.25, 0.3) is 0 Å². The van der Waals surface area contributed by atoms with Gasteiger partial charge in [-0.3, -0.25) is 0 Å². The van der Waals surface area contributed by atoms with Gasteiger partial charge >= 0.3 is 0 Å². The molecule has 0 aromatic heterocycles. The highest BCUT2D eigenvalue weighted by Crippen LogP contribution is 2.35. The van der Waals surface area contributed by atoms with Gasteiger partial charge in [0.1, 0.15) is 0 Å². The van der Waals surface area contributed by atoms with Crippen molar-refractivity contribution >= 4 is 17.4 Å². The number of piperazine rings is 1. The second-order valence-corrected chi connectivity index (χ2v) is 5.13. The van der Waals surface area contributed by atoms with Crippen LogP contribution in [-0.2, 0) is 6.42 Å². The van der Waals surface area contributed by atoms with Crippen molar-refractivity contribution in [1.82, 2.24) is 5.32 Å². The number of fused-ring (bicyclic) bond motifs is 3. The molecule has 2 aliphatic rings. The minimum Gasteiger partial charge on any atom is -0.365 e. The summed E-state index contributed by atoms with van der Waals surface area (Å²) in [7, 11) is 0. The first-order valence-electron chi connectivity index (χ1n) is 5.53. The van der Waals surface area contributed by atoms with Gasteiger partial charge in [-0.25, -0.2) is 0 Å². The SMILES string of the molecule is CSc1ccc2c(c1)N1CCNCC1C2. The molecule has 1 saturated heterocycles. The lowest BCUT2D eigenvalue weighted by molar-refractivity contribution is 0.495. The molecule has 1 aromatic carbocycles. The standard InChI is InChI=1S/C12H16N2S/c1-15-11-3-2-9-6-10-8-13-4-5-14(10)12(9)7-11/h2-3,7,10,13H,4-6,8H2,1H3. The summed E-state index contributed by atoms with van der Waals surface area (Å²) in [6.45, 7) is 3.43. The van der Waals surface area contributed by atoms with Crippen molar-refractivity contribution in [2.24, 2.45) is 0 Å².